The second kappa shape index (κ2) is 6.01. The number of hydrogen-bond donors (Lipinski definition) is 1. The fourth-order valence-electron chi connectivity index (χ4n) is 1.92. The number of amides is 2. The molecular weight excluding hydrogens is 364 g/mol. The number of halogens is 2. The summed E-state index contributed by atoms with van der Waals surface area (Å²) in [6, 6.07) is 4.26. The summed E-state index contributed by atoms with van der Waals surface area (Å²) in [7, 11) is -5.98. The third-order valence-electron chi connectivity index (χ3n) is 3.48. The maximum Gasteiger partial charge on any atom is 0.466 e. The van der Waals surface area contributed by atoms with Crippen molar-refractivity contribution in [2.24, 2.45) is 0 Å². The van der Waals surface area contributed by atoms with Gasteiger partial charge in [-0.15, -0.1) is 0 Å². The molecule has 0 saturated heterocycles. The number of hydrogen-bond acceptors (Lipinski definition) is 6. The average Bonchev–Trinajstić information content (AvgIpc) is 2.71. The van der Waals surface area contributed by atoms with E-state index in [1.54, 1.807) is 0 Å². The first kappa shape index (κ1) is 18.7. The van der Waals surface area contributed by atoms with Crippen LogP contribution < -0.4 is 9.64 Å². The molecule has 1 aliphatic rings. The van der Waals surface area contributed by atoms with Gasteiger partial charge in [0, 0.05) is 11.1 Å². The van der Waals surface area contributed by atoms with E-state index < -0.39 is 38.9 Å². The van der Waals surface area contributed by atoms with Gasteiger partial charge in [-0.3, -0.25) is 14.1 Å². The van der Waals surface area contributed by atoms with Crippen LogP contribution in [0.1, 0.15) is 13.8 Å². The van der Waals surface area contributed by atoms with Crippen LogP contribution in [0.25, 0.3) is 0 Å². The van der Waals surface area contributed by atoms with Gasteiger partial charge < -0.3 is 4.74 Å². The van der Waals surface area contributed by atoms with Crippen molar-refractivity contribution < 1.29 is 40.9 Å². The topological polar surface area (TPSA) is 118 Å². The molecule has 0 aromatic heterocycles. The van der Waals surface area contributed by atoms with Crippen LogP contribution in [0.3, 0.4) is 0 Å². The Balaban J connectivity index is 2.21. The fourth-order valence-corrected chi connectivity index (χ4v) is 2.17. The summed E-state index contributed by atoms with van der Waals surface area (Å²) in [5, 5.41) is -5.13. The molecule has 1 aromatic rings. The predicted molar refractivity (Wildman–Crippen MR) is 79.4 cm³/mol. The Morgan fingerprint density at radius 2 is 1.52 bits per heavy atom. The van der Waals surface area contributed by atoms with Crippen molar-refractivity contribution in [3.8, 4) is 5.75 Å². The Kier molecular flexibility index (Phi) is 4.49. The summed E-state index contributed by atoms with van der Waals surface area (Å²) >= 11 is 0. The predicted octanol–water partition coefficient (Wildman–Crippen LogP) is 1.28. The van der Waals surface area contributed by atoms with E-state index in [0.29, 0.717) is 0 Å². The van der Waals surface area contributed by atoms with Crippen molar-refractivity contribution in [1.29, 1.82) is 0 Å². The summed E-state index contributed by atoms with van der Waals surface area (Å²) in [4.78, 5) is 36.0. The molecule has 1 aromatic carbocycles. The van der Waals surface area contributed by atoms with E-state index in [1.807, 2.05) is 0 Å². The highest BCUT2D eigenvalue weighted by atomic mass is 32.2. The highest BCUT2D eigenvalue weighted by Gasteiger charge is 2.54. The lowest BCUT2D eigenvalue weighted by molar-refractivity contribution is -0.151. The van der Waals surface area contributed by atoms with E-state index in [0.717, 1.165) is 29.2 Å². The molecule has 0 saturated carbocycles. The van der Waals surface area contributed by atoms with Gasteiger partial charge in [0.2, 0.25) is 0 Å². The standard InChI is InChI=1S/C14H11F2NO7S/c1-7-8(2)12(19)17(11(7)18)9-3-5-10(6-4-9)24-13(20)14(15,16)25(21,22)23/h3-6H,1-2H3,(H,21,22,23). The number of alkyl halides is 2. The molecule has 1 N–H and O–H groups in total. The number of carbonyl (C=O) groups is 3. The molecule has 0 fully saturated rings. The third-order valence-corrected chi connectivity index (χ3v) is 4.29. The molecular formula is C14H11F2NO7S. The monoisotopic (exact) mass is 375 g/mol. The summed E-state index contributed by atoms with van der Waals surface area (Å²) < 4.78 is 59.7. The minimum Gasteiger partial charge on any atom is -0.421 e. The summed E-state index contributed by atoms with van der Waals surface area (Å²) in [5.41, 5.74) is 0.620. The maximum absolute atomic E-state index is 13.1. The Morgan fingerprint density at radius 3 is 1.92 bits per heavy atom. The van der Waals surface area contributed by atoms with E-state index in [2.05, 4.69) is 4.74 Å². The number of benzene rings is 1. The minimum absolute atomic E-state index is 0.104. The van der Waals surface area contributed by atoms with Crippen LogP contribution >= 0.6 is 0 Å². The number of ether oxygens (including phenoxy) is 1. The van der Waals surface area contributed by atoms with E-state index >= 15 is 0 Å². The van der Waals surface area contributed by atoms with E-state index in [9.17, 15) is 31.6 Å². The Labute approximate surface area is 140 Å². The molecule has 25 heavy (non-hydrogen) atoms. The Bertz CT molecular complexity index is 880. The third kappa shape index (κ3) is 3.15. The smallest absolute Gasteiger partial charge is 0.421 e. The molecule has 0 spiro atoms. The molecule has 0 atom stereocenters. The zero-order valence-corrected chi connectivity index (χ0v) is 13.6. The number of anilines is 1. The Morgan fingerprint density at radius 1 is 1.08 bits per heavy atom. The normalized spacial score (nSPS) is 15.8. The number of nitrogens with zero attached hydrogens (tertiary/aromatic N) is 1. The van der Waals surface area contributed by atoms with Crippen LogP contribution in [0.5, 0.6) is 5.75 Å². The van der Waals surface area contributed by atoms with Gasteiger partial charge in [-0.25, -0.2) is 9.69 Å². The summed E-state index contributed by atoms with van der Waals surface area (Å²) in [6.07, 6.45) is 0. The average molecular weight is 375 g/mol. The van der Waals surface area contributed by atoms with Gasteiger partial charge in [0.05, 0.1) is 5.69 Å². The van der Waals surface area contributed by atoms with Crippen LogP contribution in [0.15, 0.2) is 35.4 Å². The van der Waals surface area contributed by atoms with Crippen LogP contribution in [-0.2, 0) is 24.5 Å². The first-order valence-corrected chi connectivity index (χ1v) is 8.05. The van der Waals surface area contributed by atoms with Crippen LogP contribution in [-0.4, -0.2) is 36.0 Å². The molecule has 11 heteroatoms. The largest absolute Gasteiger partial charge is 0.466 e. The SMILES string of the molecule is CC1=C(C)C(=O)N(c2ccc(OC(=O)C(F)(F)S(=O)(=O)O)cc2)C1=O. The molecule has 2 amide bonds. The molecule has 0 aliphatic carbocycles. The zero-order chi connectivity index (χ0) is 19.2. The molecule has 0 unspecified atom stereocenters. The minimum atomic E-state index is -5.98. The van der Waals surface area contributed by atoms with E-state index in [4.69, 9.17) is 4.55 Å². The van der Waals surface area contributed by atoms with Crippen LogP contribution in [0.4, 0.5) is 14.5 Å². The van der Waals surface area contributed by atoms with E-state index in [-0.39, 0.29) is 16.8 Å². The molecule has 8 nitrogen and oxygen atoms in total. The fraction of sp³-hybridized carbons (Fsp3) is 0.214. The second-order valence-corrected chi connectivity index (χ2v) is 6.53. The molecule has 2 rings (SSSR count). The van der Waals surface area contributed by atoms with Crippen molar-refractivity contribution in [2.45, 2.75) is 19.1 Å². The van der Waals surface area contributed by atoms with Crippen molar-refractivity contribution in [3.05, 3.63) is 35.4 Å². The summed E-state index contributed by atoms with van der Waals surface area (Å²) in [6.45, 7) is 2.95. The molecule has 1 aliphatic heterocycles. The van der Waals surface area contributed by atoms with Gasteiger partial charge in [0.1, 0.15) is 5.75 Å². The number of esters is 1. The van der Waals surface area contributed by atoms with Crippen molar-refractivity contribution in [1.82, 2.24) is 0 Å². The van der Waals surface area contributed by atoms with Gasteiger partial charge in [-0.2, -0.15) is 17.2 Å². The van der Waals surface area contributed by atoms with Crippen molar-refractivity contribution in [3.63, 3.8) is 0 Å². The molecule has 0 radical (unpaired) electrons. The van der Waals surface area contributed by atoms with Gasteiger partial charge in [-0.05, 0) is 38.1 Å². The quantitative estimate of drug-likeness (QED) is 0.364. The molecule has 0 bridgehead atoms. The first-order chi connectivity index (χ1) is 11.4. The van der Waals surface area contributed by atoms with Crippen molar-refractivity contribution in [2.75, 3.05) is 4.90 Å². The number of imide groups is 1. The zero-order valence-electron chi connectivity index (χ0n) is 12.8. The second-order valence-electron chi connectivity index (χ2n) is 5.07. The number of carbonyl (C=O) groups excluding carboxylic acids is 3. The first-order valence-electron chi connectivity index (χ1n) is 6.61. The lowest BCUT2D eigenvalue weighted by atomic mass is 10.2. The molecule has 134 valence electrons. The van der Waals surface area contributed by atoms with Crippen LogP contribution in [0, 0.1) is 0 Å². The lowest BCUT2D eigenvalue weighted by Gasteiger charge is -2.16. The maximum atomic E-state index is 13.1. The highest BCUT2D eigenvalue weighted by Crippen LogP contribution is 2.29. The number of rotatable bonds is 4. The van der Waals surface area contributed by atoms with Gasteiger partial charge in [-0.1, -0.05) is 0 Å². The summed E-state index contributed by atoms with van der Waals surface area (Å²) in [5.74, 6) is -4.07. The van der Waals surface area contributed by atoms with Crippen LogP contribution in [0.2, 0.25) is 0 Å². The van der Waals surface area contributed by atoms with Gasteiger partial charge in [0.15, 0.2) is 0 Å². The van der Waals surface area contributed by atoms with Crippen molar-refractivity contribution >= 4 is 33.6 Å². The lowest BCUT2D eigenvalue weighted by Crippen LogP contribution is -2.40. The Hall–Kier alpha value is -2.66. The highest BCUT2D eigenvalue weighted by molar-refractivity contribution is 7.87. The van der Waals surface area contributed by atoms with Gasteiger partial charge >= 0.3 is 21.3 Å². The van der Waals surface area contributed by atoms with Gasteiger partial charge in [0.25, 0.3) is 11.8 Å². The molecule has 1 heterocycles. The van der Waals surface area contributed by atoms with E-state index in [1.165, 1.54) is 13.8 Å².